The summed E-state index contributed by atoms with van der Waals surface area (Å²) in [6.07, 6.45) is 12.5. The van der Waals surface area contributed by atoms with Gasteiger partial charge in [0.2, 0.25) is 6.29 Å². The number of carbonyl (C=O) groups excluding carboxylic acids is 2. The summed E-state index contributed by atoms with van der Waals surface area (Å²) in [5.74, 6) is 2.70. The van der Waals surface area contributed by atoms with Crippen LogP contribution in [-0.4, -0.2) is 95.7 Å². The van der Waals surface area contributed by atoms with Crippen molar-refractivity contribution >= 4 is 34.8 Å². The van der Waals surface area contributed by atoms with Crippen molar-refractivity contribution in [2.75, 3.05) is 26.9 Å². The molecule has 3 aromatic rings. The highest BCUT2D eigenvalue weighted by Crippen LogP contribution is 2.53. The third-order valence-corrected chi connectivity index (χ3v) is 12.4. The zero-order valence-corrected chi connectivity index (χ0v) is 31.7. The maximum absolute atomic E-state index is 14.7. The predicted molar refractivity (Wildman–Crippen MR) is 212 cm³/mol. The van der Waals surface area contributed by atoms with Gasteiger partial charge in [0.15, 0.2) is 23.7 Å². The average molecular weight is 782 g/mol. The highest BCUT2D eigenvalue weighted by Gasteiger charge is 2.48. The van der Waals surface area contributed by atoms with Gasteiger partial charge in [-0.25, -0.2) is 0 Å². The molecular formula is C46H41N2O10+. The Kier molecular flexibility index (Phi) is 9.14. The number of fused-ring (bicyclic) bond motifs is 10. The number of Topliss-reactive ketones (excluding diaryl/α,β-unsaturated/α-hetero) is 1. The summed E-state index contributed by atoms with van der Waals surface area (Å²) in [5, 5.41) is 36.7. The lowest BCUT2D eigenvalue weighted by atomic mass is 9.76. The number of nitrogens with zero attached hydrogens (tertiary/aromatic N) is 2. The van der Waals surface area contributed by atoms with Gasteiger partial charge in [0.25, 0.3) is 5.91 Å². The summed E-state index contributed by atoms with van der Waals surface area (Å²) in [4.78, 5) is 34.5. The van der Waals surface area contributed by atoms with Crippen LogP contribution in [0.2, 0.25) is 0 Å². The Labute approximate surface area is 334 Å². The van der Waals surface area contributed by atoms with Crippen LogP contribution in [0.3, 0.4) is 0 Å². The second kappa shape index (κ2) is 14.5. The molecule has 6 bridgehead atoms. The molecule has 0 spiro atoms. The number of hydrogen-bond acceptors (Lipinski definition) is 11. The highest BCUT2D eigenvalue weighted by atomic mass is 16.7. The number of benzene rings is 3. The molecule has 0 radical (unpaired) electrons. The van der Waals surface area contributed by atoms with Crippen LogP contribution in [0, 0.1) is 24.4 Å². The summed E-state index contributed by atoms with van der Waals surface area (Å²) in [7, 11) is 1.52. The number of aliphatic hydroxyl groups excluding tert-OH is 2. The van der Waals surface area contributed by atoms with E-state index < -0.39 is 36.5 Å². The third-order valence-electron chi connectivity index (χ3n) is 12.4. The Morgan fingerprint density at radius 1 is 1.12 bits per heavy atom. The van der Waals surface area contributed by atoms with E-state index in [9.17, 15) is 24.9 Å². The van der Waals surface area contributed by atoms with Crippen LogP contribution in [0.4, 0.5) is 0 Å². The van der Waals surface area contributed by atoms with Crippen LogP contribution in [-0.2, 0) is 27.2 Å². The molecule has 3 N–H and O–H groups in total. The third kappa shape index (κ3) is 6.00. The zero-order chi connectivity index (χ0) is 39.7. The molecule has 12 nitrogen and oxygen atoms in total. The topological polar surface area (TPSA) is 157 Å². The SMILES string of the molecule is COc1cc2c3c(O)c(c4c(c3c1)C=CC1CCCC41)C(=O)CN1Cc3c(cccc3C1=O)CC#COC1C(O)C(COCC3=C4[CH+]C=CC=C4N=C3)OC(O2)C1O. The largest absolute Gasteiger partial charge is 0.506 e. The molecule has 3 aromatic carbocycles. The fourth-order valence-corrected chi connectivity index (χ4v) is 9.55. The fourth-order valence-electron chi connectivity index (χ4n) is 9.55. The molecular weight excluding hydrogens is 741 g/mol. The lowest BCUT2D eigenvalue weighted by molar-refractivity contribution is -0.278. The Balaban J connectivity index is 1.08. The second-order valence-corrected chi connectivity index (χ2v) is 15.7. The van der Waals surface area contributed by atoms with E-state index in [0.29, 0.717) is 16.7 Å². The van der Waals surface area contributed by atoms with E-state index in [4.69, 9.17) is 23.7 Å². The molecule has 7 atom stereocenters. The molecule has 10 rings (SSSR count). The number of amides is 1. The van der Waals surface area contributed by atoms with Gasteiger partial charge in [-0.3, -0.25) is 9.59 Å². The number of aromatic hydroxyl groups is 1. The van der Waals surface area contributed by atoms with Crippen LogP contribution < -0.4 is 9.47 Å². The number of ketones is 1. The molecule has 4 heterocycles. The quantitative estimate of drug-likeness (QED) is 0.236. The van der Waals surface area contributed by atoms with Crippen LogP contribution in [0.5, 0.6) is 17.2 Å². The molecule has 12 heteroatoms. The van der Waals surface area contributed by atoms with Crippen molar-refractivity contribution in [3.63, 3.8) is 0 Å². The summed E-state index contributed by atoms with van der Waals surface area (Å²) in [5.41, 5.74) is 6.36. The van der Waals surface area contributed by atoms with E-state index in [-0.39, 0.29) is 72.9 Å². The lowest BCUT2D eigenvalue weighted by Crippen LogP contribution is -2.60. The lowest BCUT2D eigenvalue weighted by Gasteiger charge is -2.41. The molecule has 7 unspecified atom stereocenters. The maximum Gasteiger partial charge on any atom is 0.254 e. The standard InChI is InChI=1S/C46H40N2O10/c1-54-27-17-32-30-15-14-25-8-4-11-29(25)38(30)40-35(49)21-48-20-33-24(7-5-12-31(33)45(48)53)9-6-16-56-44-41(50)37(23-55-22-26-19-47-34-13-3-2-10-28(26)34)58-46(43(44)52)57-36(18-27)39(32)42(40)51/h2-3,5,7,10,12-15,17-19,25,29,37,41,43-44,46,50,52H,4,8-9,11,20-23H2,1H3/p+1. The van der Waals surface area contributed by atoms with Crippen molar-refractivity contribution in [1.29, 1.82) is 0 Å². The predicted octanol–water partition coefficient (Wildman–Crippen LogP) is 5.09. The first-order valence-electron chi connectivity index (χ1n) is 19.7. The van der Waals surface area contributed by atoms with Gasteiger partial charge in [-0.05, 0) is 59.1 Å². The molecule has 3 aliphatic carbocycles. The summed E-state index contributed by atoms with van der Waals surface area (Å²) < 4.78 is 30.5. The molecule has 1 saturated carbocycles. The minimum Gasteiger partial charge on any atom is -0.506 e. The minimum absolute atomic E-state index is 0.00914. The first-order chi connectivity index (χ1) is 28.3. The van der Waals surface area contributed by atoms with Gasteiger partial charge in [-0.15, -0.1) is 0 Å². The average Bonchev–Trinajstić information content (AvgIpc) is 3.96. The van der Waals surface area contributed by atoms with Crippen LogP contribution in [0.25, 0.3) is 16.8 Å². The van der Waals surface area contributed by atoms with Gasteiger partial charge >= 0.3 is 0 Å². The summed E-state index contributed by atoms with van der Waals surface area (Å²) >= 11 is 0. The van der Waals surface area contributed by atoms with Gasteiger partial charge in [-0.1, -0.05) is 36.6 Å². The van der Waals surface area contributed by atoms with Gasteiger partial charge in [0, 0.05) is 54.6 Å². The van der Waals surface area contributed by atoms with Gasteiger partial charge in [-0.2, -0.15) is 4.99 Å². The molecule has 0 aromatic heterocycles. The normalized spacial score (nSPS) is 27.8. The van der Waals surface area contributed by atoms with E-state index in [1.165, 1.54) is 12.0 Å². The first kappa shape index (κ1) is 36.5. The van der Waals surface area contributed by atoms with Crippen molar-refractivity contribution < 1.29 is 48.6 Å². The van der Waals surface area contributed by atoms with Crippen molar-refractivity contribution in [3.05, 3.63) is 111 Å². The van der Waals surface area contributed by atoms with E-state index in [2.05, 4.69) is 23.1 Å². The molecule has 58 heavy (non-hydrogen) atoms. The number of methoxy groups -OCH3 is 1. The van der Waals surface area contributed by atoms with E-state index in [0.717, 1.165) is 58.4 Å². The van der Waals surface area contributed by atoms with Crippen molar-refractivity contribution in [2.45, 2.75) is 68.9 Å². The molecule has 4 aliphatic heterocycles. The first-order valence-corrected chi connectivity index (χ1v) is 19.7. The Hall–Kier alpha value is -5.84. The van der Waals surface area contributed by atoms with Gasteiger partial charge in [0.05, 0.1) is 43.0 Å². The Bertz CT molecular complexity index is 2490. The summed E-state index contributed by atoms with van der Waals surface area (Å²) in [6, 6.07) is 8.75. The molecule has 1 amide bonds. The summed E-state index contributed by atoms with van der Waals surface area (Å²) in [6.45, 7) is 0.0251. The number of rotatable bonds is 5. The molecule has 7 aliphatic rings. The number of allylic oxidation sites excluding steroid dienone is 5. The van der Waals surface area contributed by atoms with Crippen LogP contribution in [0.1, 0.15) is 68.2 Å². The maximum atomic E-state index is 14.7. The number of carbonyl (C=O) groups is 2. The van der Waals surface area contributed by atoms with Crippen LogP contribution >= 0.6 is 0 Å². The molecule has 294 valence electrons. The van der Waals surface area contributed by atoms with Crippen molar-refractivity contribution in [3.8, 4) is 29.3 Å². The number of aliphatic imine (C=N–C) groups is 1. The Morgan fingerprint density at radius 2 is 2.02 bits per heavy atom. The van der Waals surface area contributed by atoms with E-state index in [1.54, 1.807) is 30.5 Å². The van der Waals surface area contributed by atoms with Crippen molar-refractivity contribution in [1.82, 2.24) is 4.90 Å². The van der Waals surface area contributed by atoms with Crippen LogP contribution in [0.15, 0.2) is 76.5 Å². The highest BCUT2D eigenvalue weighted by molar-refractivity contribution is 6.13. The van der Waals surface area contributed by atoms with Gasteiger partial charge in [0.1, 0.15) is 47.7 Å². The fraction of sp³-hybridized carbons (Fsp3) is 0.348. The Morgan fingerprint density at radius 3 is 2.90 bits per heavy atom. The van der Waals surface area contributed by atoms with Crippen molar-refractivity contribution in [2.24, 2.45) is 10.9 Å². The number of phenolic OH excluding ortho intramolecular Hbond substituents is 1. The molecule has 2 fully saturated rings. The number of ether oxygens (including phenoxy) is 5. The molecule has 1 saturated heterocycles. The smallest absolute Gasteiger partial charge is 0.254 e. The monoisotopic (exact) mass is 781 g/mol. The minimum atomic E-state index is -1.57. The van der Waals surface area contributed by atoms with E-state index >= 15 is 0 Å². The number of phenols is 1. The van der Waals surface area contributed by atoms with E-state index in [1.807, 2.05) is 36.8 Å². The zero-order valence-electron chi connectivity index (χ0n) is 31.7. The number of hydrogen-bond donors (Lipinski definition) is 3. The van der Waals surface area contributed by atoms with Gasteiger partial charge < -0.3 is 43.9 Å². The second-order valence-electron chi connectivity index (χ2n) is 15.7. The number of aliphatic hydroxyl groups is 2.